The molecular formula is C15H24N6O. The smallest absolute Gasteiger partial charge is 0.245 e. The van der Waals surface area contributed by atoms with E-state index < -0.39 is 0 Å². The van der Waals surface area contributed by atoms with Crippen LogP contribution in [0, 0.1) is 5.92 Å². The van der Waals surface area contributed by atoms with Crippen molar-refractivity contribution in [2.45, 2.75) is 45.1 Å². The van der Waals surface area contributed by atoms with E-state index in [-0.39, 0.29) is 11.9 Å². The third-order valence-electron chi connectivity index (χ3n) is 4.63. The summed E-state index contributed by atoms with van der Waals surface area (Å²) < 4.78 is 1.69. The summed E-state index contributed by atoms with van der Waals surface area (Å²) in [6.45, 7) is 3.98. The number of hydrogen-bond acceptors (Lipinski definition) is 5. The molecule has 0 aromatic carbocycles. The summed E-state index contributed by atoms with van der Waals surface area (Å²) in [5.74, 6) is 1.59. The molecule has 120 valence electrons. The van der Waals surface area contributed by atoms with Gasteiger partial charge in [0.1, 0.15) is 0 Å². The Morgan fingerprint density at radius 2 is 2.09 bits per heavy atom. The quantitative estimate of drug-likeness (QED) is 0.845. The topological polar surface area (TPSA) is 75.9 Å². The van der Waals surface area contributed by atoms with E-state index in [9.17, 15) is 4.79 Å². The predicted octanol–water partition coefficient (Wildman–Crippen LogP) is 1.04. The van der Waals surface area contributed by atoms with Gasteiger partial charge in [-0.15, -0.1) is 0 Å². The van der Waals surface area contributed by atoms with Gasteiger partial charge < -0.3 is 10.2 Å². The molecule has 2 fully saturated rings. The molecule has 7 heteroatoms. The zero-order valence-electron chi connectivity index (χ0n) is 13.3. The molecule has 7 nitrogen and oxygen atoms in total. The molecule has 1 aliphatic heterocycles. The fourth-order valence-electron chi connectivity index (χ4n) is 3.36. The van der Waals surface area contributed by atoms with Crippen LogP contribution in [0.5, 0.6) is 0 Å². The number of allylic oxidation sites excluding steroid dienone is 1. The van der Waals surface area contributed by atoms with Gasteiger partial charge in [-0.1, -0.05) is 17.6 Å². The van der Waals surface area contributed by atoms with Gasteiger partial charge in [0.15, 0.2) is 0 Å². The summed E-state index contributed by atoms with van der Waals surface area (Å²) in [5.41, 5.74) is 1.30. The molecule has 22 heavy (non-hydrogen) atoms. The summed E-state index contributed by atoms with van der Waals surface area (Å²) in [4.78, 5) is 14.3. The number of aromatic nitrogens is 4. The van der Waals surface area contributed by atoms with Crippen LogP contribution in [-0.2, 0) is 11.8 Å². The summed E-state index contributed by atoms with van der Waals surface area (Å²) in [6.07, 6.45) is 7.04. The molecule has 0 bridgehead atoms. The number of hydrogen-bond donors (Lipinski definition) is 1. The molecule has 1 aliphatic carbocycles. The van der Waals surface area contributed by atoms with Crippen LogP contribution in [0.2, 0.25) is 0 Å². The molecule has 1 amide bonds. The Bertz CT molecular complexity index is 558. The number of piperidine rings is 1. The second-order valence-corrected chi connectivity index (χ2v) is 6.52. The van der Waals surface area contributed by atoms with E-state index in [0.29, 0.717) is 0 Å². The first kappa shape index (κ1) is 15.0. The first-order valence-electron chi connectivity index (χ1n) is 8.09. The standard InChI is InChI=1S/C15H24N6O/c1-11-3-4-12(9-11)10-14(22)16-13-5-7-21(8-6-13)15-17-18-19-20(15)2/h10-11,13H,3-9H2,1-2H3,(H,16,22)/b12-10+. The second kappa shape index (κ2) is 6.46. The van der Waals surface area contributed by atoms with Crippen molar-refractivity contribution < 1.29 is 4.79 Å². The van der Waals surface area contributed by atoms with Crippen molar-refractivity contribution in [3.05, 3.63) is 11.6 Å². The Hall–Kier alpha value is -1.92. The predicted molar refractivity (Wildman–Crippen MR) is 83.3 cm³/mol. The van der Waals surface area contributed by atoms with E-state index in [1.165, 1.54) is 12.0 Å². The first-order chi connectivity index (χ1) is 10.6. The van der Waals surface area contributed by atoms with Gasteiger partial charge in [0.2, 0.25) is 11.9 Å². The van der Waals surface area contributed by atoms with Crippen LogP contribution in [0.4, 0.5) is 5.95 Å². The van der Waals surface area contributed by atoms with Crippen molar-refractivity contribution in [1.29, 1.82) is 0 Å². The summed E-state index contributed by atoms with van der Waals surface area (Å²) in [5, 5.41) is 14.7. The lowest BCUT2D eigenvalue weighted by Crippen LogP contribution is -2.45. The highest BCUT2D eigenvalue weighted by Crippen LogP contribution is 2.29. The van der Waals surface area contributed by atoms with E-state index in [4.69, 9.17) is 0 Å². The van der Waals surface area contributed by atoms with E-state index >= 15 is 0 Å². The molecule has 1 saturated heterocycles. The molecule has 1 aromatic rings. The minimum Gasteiger partial charge on any atom is -0.350 e. The molecule has 1 atom stereocenters. The largest absolute Gasteiger partial charge is 0.350 e. The highest BCUT2D eigenvalue weighted by molar-refractivity contribution is 5.88. The number of tetrazole rings is 1. The number of rotatable bonds is 3. The lowest BCUT2D eigenvalue weighted by atomic mass is 10.1. The Morgan fingerprint density at radius 3 is 2.68 bits per heavy atom. The molecule has 2 heterocycles. The molecule has 3 rings (SSSR count). The Labute approximate surface area is 130 Å². The maximum Gasteiger partial charge on any atom is 0.245 e. The molecule has 1 aromatic heterocycles. The average Bonchev–Trinajstić information content (AvgIpc) is 3.08. The van der Waals surface area contributed by atoms with Gasteiger partial charge in [0, 0.05) is 32.3 Å². The highest BCUT2D eigenvalue weighted by Gasteiger charge is 2.23. The van der Waals surface area contributed by atoms with Crippen molar-refractivity contribution in [3.8, 4) is 0 Å². The van der Waals surface area contributed by atoms with E-state index in [1.54, 1.807) is 4.68 Å². The van der Waals surface area contributed by atoms with Gasteiger partial charge in [-0.2, -0.15) is 0 Å². The normalized spacial score (nSPS) is 24.9. The van der Waals surface area contributed by atoms with Crippen molar-refractivity contribution >= 4 is 11.9 Å². The number of aryl methyl sites for hydroxylation is 1. The maximum absolute atomic E-state index is 12.1. The van der Waals surface area contributed by atoms with Gasteiger partial charge in [0.25, 0.3) is 0 Å². The SMILES string of the molecule is CC1CC/C(=C\C(=O)NC2CCN(c3nnnn3C)CC2)C1. The van der Waals surface area contributed by atoms with Crippen LogP contribution < -0.4 is 10.2 Å². The second-order valence-electron chi connectivity index (χ2n) is 6.52. The van der Waals surface area contributed by atoms with Gasteiger partial charge in [-0.25, -0.2) is 4.68 Å². The minimum absolute atomic E-state index is 0.0721. The summed E-state index contributed by atoms with van der Waals surface area (Å²) >= 11 is 0. The molecule has 1 N–H and O–H groups in total. The van der Waals surface area contributed by atoms with Crippen molar-refractivity contribution in [2.24, 2.45) is 13.0 Å². The van der Waals surface area contributed by atoms with Crippen LogP contribution >= 0.6 is 0 Å². The van der Waals surface area contributed by atoms with Gasteiger partial charge in [-0.05, 0) is 48.4 Å². The number of nitrogens with zero attached hydrogens (tertiary/aromatic N) is 5. The lowest BCUT2D eigenvalue weighted by molar-refractivity contribution is -0.117. The molecule has 1 unspecified atom stereocenters. The number of carbonyl (C=O) groups excluding carboxylic acids is 1. The molecule has 1 saturated carbocycles. The van der Waals surface area contributed by atoms with Crippen molar-refractivity contribution in [2.75, 3.05) is 18.0 Å². The van der Waals surface area contributed by atoms with E-state index in [2.05, 4.69) is 32.7 Å². The Kier molecular flexibility index (Phi) is 4.40. The number of carbonyl (C=O) groups is 1. The zero-order chi connectivity index (χ0) is 15.5. The van der Waals surface area contributed by atoms with Crippen molar-refractivity contribution in [1.82, 2.24) is 25.5 Å². The molecule has 0 radical (unpaired) electrons. The number of anilines is 1. The van der Waals surface area contributed by atoms with Crippen LogP contribution in [0.3, 0.4) is 0 Å². The first-order valence-corrected chi connectivity index (χ1v) is 8.09. The Morgan fingerprint density at radius 1 is 1.32 bits per heavy atom. The third kappa shape index (κ3) is 3.45. The molecule has 0 spiro atoms. The van der Waals surface area contributed by atoms with E-state index in [1.807, 2.05) is 13.1 Å². The number of amides is 1. The fraction of sp³-hybridized carbons (Fsp3) is 0.733. The van der Waals surface area contributed by atoms with Gasteiger partial charge in [-0.3, -0.25) is 4.79 Å². The van der Waals surface area contributed by atoms with Crippen molar-refractivity contribution in [3.63, 3.8) is 0 Å². The Balaban J connectivity index is 1.48. The van der Waals surface area contributed by atoms with E-state index in [0.717, 1.165) is 50.6 Å². The highest BCUT2D eigenvalue weighted by atomic mass is 16.1. The van der Waals surface area contributed by atoms with Crippen LogP contribution in [0.15, 0.2) is 11.6 Å². The minimum atomic E-state index is 0.0721. The number of nitrogens with one attached hydrogen (secondary N) is 1. The van der Waals surface area contributed by atoms with Crippen LogP contribution in [0.25, 0.3) is 0 Å². The van der Waals surface area contributed by atoms with Crippen LogP contribution in [-0.4, -0.2) is 45.2 Å². The van der Waals surface area contributed by atoms with Crippen LogP contribution in [0.1, 0.15) is 39.0 Å². The maximum atomic E-state index is 12.1. The van der Waals surface area contributed by atoms with Gasteiger partial charge in [0.05, 0.1) is 0 Å². The third-order valence-corrected chi connectivity index (χ3v) is 4.63. The monoisotopic (exact) mass is 304 g/mol. The summed E-state index contributed by atoms with van der Waals surface area (Å²) in [7, 11) is 1.85. The average molecular weight is 304 g/mol. The lowest BCUT2D eigenvalue weighted by Gasteiger charge is -2.32. The molecular weight excluding hydrogens is 280 g/mol. The van der Waals surface area contributed by atoms with Gasteiger partial charge >= 0.3 is 0 Å². The summed E-state index contributed by atoms with van der Waals surface area (Å²) in [6, 6.07) is 0.251. The zero-order valence-corrected chi connectivity index (χ0v) is 13.3. The fourth-order valence-corrected chi connectivity index (χ4v) is 3.36. The molecule has 2 aliphatic rings.